The summed E-state index contributed by atoms with van der Waals surface area (Å²) in [4.78, 5) is 15.2. The van der Waals surface area contributed by atoms with E-state index in [4.69, 9.17) is 0 Å². The minimum Gasteiger partial charge on any atom is -0.370 e. The van der Waals surface area contributed by atoms with Crippen molar-refractivity contribution >= 4 is 21.5 Å². The zero-order valence-corrected chi connectivity index (χ0v) is 15.1. The van der Waals surface area contributed by atoms with Crippen molar-refractivity contribution in [1.29, 1.82) is 0 Å². The highest BCUT2D eigenvalue weighted by atomic mass is 32.2. The van der Waals surface area contributed by atoms with Crippen LogP contribution in [0.15, 0.2) is 42.5 Å². The number of hydrogen-bond acceptors (Lipinski definition) is 6. The van der Waals surface area contributed by atoms with Gasteiger partial charge in [-0.3, -0.25) is 10.1 Å². The molecule has 0 amide bonds. The van der Waals surface area contributed by atoms with Gasteiger partial charge in [-0.2, -0.15) is 0 Å². The summed E-state index contributed by atoms with van der Waals surface area (Å²) in [7, 11) is -3.12. The van der Waals surface area contributed by atoms with Gasteiger partial charge in [-0.25, -0.2) is 17.7 Å². The van der Waals surface area contributed by atoms with Gasteiger partial charge in [0.05, 0.1) is 10.7 Å². The Bertz CT molecular complexity index is 896. The summed E-state index contributed by atoms with van der Waals surface area (Å²) < 4.78 is 24.9. The summed E-state index contributed by atoms with van der Waals surface area (Å²) in [5.74, 6) is 0.844. The van der Waals surface area contributed by atoms with Gasteiger partial charge in [-0.05, 0) is 13.0 Å². The number of sulfonamides is 1. The van der Waals surface area contributed by atoms with Crippen LogP contribution in [0.1, 0.15) is 6.92 Å². The van der Waals surface area contributed by atoms with Crippen LogP contribution in [0.4, 0.5) is 11.5 Å². The van der Waals surface area contributed by atoms with E-state index in [9.17, 15) is 18.5 Å². The smallest absolute Gasteiger partial charge is 0.295 e. The maximum Gasteiger partial charge on any atom is 0.295 e. The molecule has 3 rings (SSSR count). The number of pyridine rings is 1. The molecule has 1 aromatic carbocycles. The molecule has 1 aromatic heterocycles. The molecule has 0 aliphatic carbocycles. The first-order valence-electron chi connectivity index (χ1n) is 8.33. The number of rotatable bonds is 7. The normalized spacial score (nSPS) is 15.4. The van der Waals surface area contributed by atoms with E-state index in [1.807, 2.05) is 6.07 Å². The second-order valence-corrected chi connectivity index (χ2v) is 8.41. The van der Waals surface area contributed by atoms with Crippen molar-refractivity contribution in [2.45, 2.75) is 6.92 Å². The van der Waals surface area contributed by atoms with E-state index in [0.717, 1.165) is 0 Å². The summed E-state index contributed by atoms with van der Waals surface area (Å²) in [5.41, 5.74) is 0.932. The quantitative estimate of drug-likeness (QED) is 0.587. The van der Waals surface area contributed by atoms with Crippen molar-refractivity contribution in [3.63, 3.8) is 0 Å². The molecule has 138 valence electrons. The van der Waals surface area contributed by atoms with E-state index in [-0.39, 0.29) is 17.4 Å². The van der Waals surface area contributed by atoms with Gasteiger partial charge in [0.2, 0.25) is 10.0 Å². The topological polar surface area (TPSA) is 105 Å². The Labute approximate surface area is 152 Å². The van der Waals surface area contributed by atoms with Gasteiger partial charge in [0, 0.05) is 37.2 Å². The lowest BCUT2D eigenvalue weighted by Crippen LogP contribution is -2.52. The Morgan fingerprint density at radius 2 is 1.92 bits per heavy atom. The molecule has 2 aromatic rings. The molecule has 0 unspecified atom stereocenters. The first kappa shape index (κ1) is 18.3. The zero-order valence-electron chi connectivity index (χ0n) is 14.3. The second-order valence-electron chi connectivity index (χ2n) is 6.15. The van der Waals surface area contributed by atoms with E-state index in [2.05, 4.69) is 10.3 Å². The molecule has 1 aliphatic heterocycles. The highest BCUT2D eigenvalue weighted by molar-refractivity contribution is 7.89. The Hall–Kier alpha value is -2.52. The Balaban J connectivity index is 1.69. The average Bonchev–Trinajstić information content (AvgIpc) is 2.60. The number of nitro groups is 1. The number of nitrogens with zero attached hydrogens (tertiary/aromatic N) is 3. The molecule has 8 nitrogen and oxygen atoms in total. The molecule has 9 heteroatoms. The Kier molecular flexibility index (Phi) is 5.19. The van der Waals surface area contributed by atoms with E-state index < -0.39 is 14.9 Å². The maximum atomic E-state index is 11.7. The van der Waals surface area contributed by atoms with Crippen LogP contribution in [0.25, 0.3) is 11.3 Å². The summed E-state index contributed by atoms with van der Waals surface area (Å²) >= 11 is 0. The van der Waals surface area contributed by atoms with Crippen LogP contribution in [0.2, 0.25) is 0 Å². The summed E-state index contributed by atoms with van der Waals surface area (Å²) in [6.45, 7) is 3.17. The molecule has 26 heavy (non-hydrogen) atoms. The van der Waals surface area contributed by atoms with Crippen molar-refractivity contribution in [1.82, 2.24) is 9.29 Å². The first-order valence-corrected chi connectivity index (χ1v) is 9.94. The maximum absolute atomic E-state index is 11.7. The zero-order chi connectivity index (χ0) is 18.7. The molecule has 0 bridgehead atoms. The molecule has 1 saturated heterocycles. The lowest BCUT2D eigenvalue weighted by molar-refractivity contribution is -0.384. The fourth-order valence-electron chi connectivity index (χ4n) is 2.82. The molecule has 1 N–H and O–H groups in total. The average molecular weight is 376 g/mol. The minimum absolute atomic E-state index is 0.0504. The Morgan fingerprint density at radius 3 is 2.54 bits per heavy atom. The molecular weight excluding hydrogens is 356 g/mol. The van der Waals surface area contributed by atoms with Crippen LogP contribution in [-0.4, -0.2) is 48.0 Å². The van der Waals surface area contributed by atoms with Gasteiger partial charge < -0.3 is 5.32 Å². The van der Waals surface area contributed by atoms with Crippen LogP contribution in [0.5, 0.6) is 0 Å². The van der Waals surface area contributed by atoms with Crippen LogP contribution in [0.3, 0.4) is 0 Å². The number of nitrogens with one attached hydrogen (secondary N) is 1. The molecule has 0 spiro atoms. The third kappa shape index (κ3) is 3.83. The molecule has 2 heterocycles. The van der Waals surface area contributed by atoms with Crippen LogP contribution >= 0.6 is 0 Å². The highest BCUT2D eigenvalue weighted by Crippen LogP contribution is 2.29. The van der Waals surface area contributed by atoms with Crippen LogP contribution in [0, 0.1) is 16.0 Å². The third-order valence-electron chi connectivity index (χ3n) is 4.37. The second kappa shape index (κ2) is 7.38. The van der Waals surface area contributed by atoms with E-state index in [0.29, 0.717) is 36.7 Å². The van der Waals surface area contributed by atoms with Gasteiger partial charge >= 0.3 is 0 Å². The summed E-state index contributed by atoms with van der Waals surface area (Å²) in [6.07, 6.45) is 0. The molecule has 0 atom stereocenters. The van der Waals surface area contributed by atoms with Crippen molar-refractivity contribution in [3.8, 4) is 11.3 Å². The van der Waals surface area contributed by atoms with E-state index >= 15 is 0 Å². The molecule has 1 fully saturated rings. The lowest BCUT2D eigenvalue weighted by Gasteiger charge is -2.38. The minimum atomic E-state index is -3.12. The van der Waals surface area contributed by atoms with Gasteiger partial charge in [0.15, 0.2) is 5.69 Å². The van der Waals surface area contributed by atoms with E-state index in [1.54, 1.807) is 37.3 Å². The highest BCUT2D eigenvalue weighted by Gasteiger charge is 2.34. The van der Waals surface area contributed by atoms with Gasteiger partial charge in [0.25, 0.3) is 5.69 Å². The predicted molar refractivity (Wildman–Crippen MR) is 99.3 cm³/mol. The Morgan fingerprint density at radius 1 is 1.23 bits per heavy atom. The first-order chi connectivity index (χ1) is 12.4. The summed E-state index contributed by atoms with van der Waals surface area (Å²) in [5, 5.41) is 14.4. The number of hydrogen-bond donors (Lipinski definition) is 1. The van der Waals surface area contributed by atoms with Crippen LogP contribution in [-0.2, 0) is 10.0 Å². The predicted octanol–water partition coefficient (Wildman–Crippen LogP) is 2.35. The number of anilines is 1. The molecule has 1 aliphatic rings. The number of benzene rings is 1. The van der Waals surface area contributed by atoms with Gasteiger partial charge in [-0.15, -0.1) is 0 Å². The fourth-order valence-corrected chi connectivity index (χ4v) is 4.06. The van der Waals surface area contributed by atoms with Gasteiger partial charge in [0.1, 0.15) is 5.82 Å². The number of aromatic nitrogens is 1. The summed E-state index contributed by atoms with van der Waals surface area (Å²) in [6, 6.07) is 12.0. The fraction of sp³-hybridized carbons (Fsp3) is 0.353. The van der Waals surface area contributed by atoms with Crippen molar-refractivity contribution in [2.75, 3.05) is 30.7 Å². The standard InChI is InChI=1S/C17H20N4O4S/c1-2-26(24,25)20-11-13(12-20)10-18-16-9-8-15(21(22)23)17(19-16)14-6-4-3-5-7-14/h3-9,13H,2,10-12H2,1H3,(H,18,19). The van der Waals surface area contributed by atoms with Gasteiger partial charge in [-0.1, -0.05) is 30.3 Å². The third-order valence-corrected chi connectivity index (χ3v) is 6.19. The van der Waals surface area contributed by atoms with Crippen molar-refractivity contribution in [2.24, 2.45) is 5.92 Å². The SMILES string of the molecule is CCS(=O)(=O)N1CC(CNc2ccc([N+](=O)[O-])c(-c3ccccc3)n2)C1. The van der Waals surface area contributed by atoms with Crippen molar-refractivity contribution < 1.29 is 13.3 Å². The van der Waals surface area contributed by atoms with Crippen LogP contribution < -0.4 is 5.32 Å². The van der Waals surface area contributed by atoms with E-state index in [1.165, 1.54) is 10.4 Å². The largest absolute Gasteiger partial charge is 0.370 e. The monoisotopic (exact) mass is 376 g/mol. The molecule has 0 radical (unpaired) electrons. The molecule has 0 saturated carbocycles. The lowest BCUT2D eigenvalue weighted by atomic mass is 10.0. The van der Waals surface area contributed by atoms with Crippen molar-refractivity contribution in [3.05, 3.63) is 52.6 Å². The molecular formula is C17H20N4O4S.